The highest BCUT2D eigenvalue weighted by Gasteiger charge is 2.19. The summed E-state index contributed by atoms with van der Waals surface area (Å²) in [6, 6.07) is 17.9. The van der Waals surface area contributed by atoms with Crippen molar-refractivity contribution in [2.24, 2.45) is 4.99 Å². The first-order valence-corrected chi connectivity index (χ1v) is 6.53. The van der Waals surface area contributed by atoms with Gasteiger partial charge in [-0.2, -0.15) is 0 Å². The summed E-state index contributed by atoms with van der Waals surface area (Å²) in [5.74, 6) is -2.75. The van der Waals surface area contributed by atoms with Gasteiger partial charge in [-0.3, -0.25) is 4.99 Å². The Balaban J connectivity index is 2.05. The van der Waals surface area contributed by atoms with E-state index in [1.54, 1.807) is 0 Å². The molecule has 0 bridgehead atoms. The van der Waals surface area contributed by atoms with Crippen molar-refractivity contribution in [1.29, 1.82) is 0 Å². The lowest BCUT2D eigenvalue weighted by molar-refractivity contribution is 0.0328. The molecule has 0 heterocycles. The Morgan fingerprint density at radius 2 is 1.70 bits per heavy atom. The second-order valence-electron chi connectivity index (χ2n) is 4.95. The summed E-state index contributed by atoms with van der Waals surface area (Å²) in [5.41, 5.74) is 3.22. The highest BCUT2D eigenvalue weighted by atomic mass is 19.3. The van der Waals surface area contributed by atoms with Gasteiger partial charge in [-0.1, -0.05) is 48.5 Å². The van der Waals surface area contributed by atoms with Gasteiger partial charge < -0.3 is 0 Å². The van der Waals surface area contributed by atoms with Crippen LogP contribution in [0.25, 0.3) is 0 Å². The molecule has 0 unspecified atom stereocenters. The average molecular weight is 273 g/mol. The van der Waals surface area contributed by atoms with E-state index in [1.807, 2.05) is 42.5 Å². The van der Waals surface area contributed by atoms with Crippen LogP contribution in [0.15, 0.2) is 59.6 Å². The molecule has 0 aliphatic carbocycles. The highest BCUT2D eigenvalue weighted by molar-refractivity contribution is 5.79. The fraction of sp³-hybridized carbons (Fsp3) is 0.235. The Bertz CT molecular complexity index is 571. The first-order valence-electron chi connectivity index (χ1n) is 6.53. The van der Waals surface area contributed by atoms with Crippen LogP contribution < -0.4 is 0 Å². The lowest BCUT2D eigenvalue weighted by atomic mass is 10.0. The van der Waals surface area contributed by atoms with E-state index in [0.717, 1.165) is 24.5 Å². The van der Waals surface area contributed by atoms with Crippen LogP contribution >= 0.6 is 0 Å². The number of hydrogen-bond donors (Lipinski definition) is 0. The van der Waals surface area contributed by atoms with E-state index in [2.05, 4.69) is 17.1 Å². The smallest absolute Gasteiger partial charge is 0.264 e. The standard InChI is InChI=1S/C17H17F2N/c1-17(18,19)13-20-12-16-9-5-8-15(11-16)10-14-6-3-2-4-7-14/h2-9,11-12H,10,13H2,1H3. The fourth-order valence-corrected chi connectivity index (χ4v) is 1.93. The molecule has 2 rings (SSSR count). The third kappa shape index (κ3) is 4.92. The van der Waals surface area contributed by atoms with Gasteiger partial charge in [0.15, 0.2) is 0 Å². The third-order valence-electron chi connectivity index (χ3n) is 2.81. The van der Waals surface area contributed by atoms with E-state index in [0.29, 0.717) is 0 Å². The second kappa shape index (κ2) is 6.42. The van der Waals surface area contributed by atoms with Gasteiger partial charge >= 0.3 is 0 Å². The van der Waals surface area contributed by atoms with Gasteiger partial charge in [0, 0.05) is 13.1 Å². The Hall–Kier alpha value is -2.03. The first kappa shape index (κ1) is 14.4. The Labute approximate surface area is 118 Å². The lowest BCUT2D eigenvalue weighted by Crippen LogP contribution is -2.14. The number of rotatable bonds is 5. The Morgan fingerprint density at radius 3 is 2.40 bits per heavy atom. The number of hydrogen-bond acceptors (Lipinski definition) is 1. The van der Waals surface area contributed by atoms with Crippen LogP contribution in [0.2, 0.25) is 0 Å². The molecule has 0 aliphatic heterocycles. The monoisotopic (exact) mass is 273 g/mol. The van der Waals surface area contributed by atoms with Crippen LogP contribution in [0.3, 0.4) is 0 Å². The van der Waals surface area contributed by atoms with Crippen LogP contribution in [0, 0.1) is 0 Å². The minimum atomic E-state index is -2.75. The maximum Gasteiger partial charge on any atom is 0.264 e. The third-order valence-corrected chi connectivity index (χ3v) is 2.81. The van der Waals surface area contributed by atoms with Crippen molar-refractivity contribution in [3.05, 3.63) is 71.3 Å². The highest BCUT2D eigenvalue weighted by Crippen LogP contribution is 2.12. The number of aliphatic imine (C=N–C) groups is 1. The average Bonchev–Trinajstić information content (AvgIpc) is 2.39. The molecule has 2 aromatic rings. The van der Waals surface area contributed by atoms with Gasteiger partial charge in [0.1, 0.15) is 6.54 Å². The summed E-state index contributed by atoms with van der Waals surface area (Å²) < 4.78 is 25.4. The predicted octanol–water partition coefficient (Wildman–Crippen LogP) is 4.35. The molecule has 0 spiro atoms. The molecule has 0 saturated carbocycles. The van der Waals surface area contributed by atoms with Crippen LogP contribution in [0.1, 0.15) is 23.6 Å². The molecule has 20 heavy (non-hydrogen) atoms. The molecular formula is C17H17F2N. The number of alkyl halides is 2. The van der Waals surface area contributed by atoms with Crippen molar-refractivity contribution in [1.82, 2.24) is 0 Å². The van der Waals surface area contributed by atoms with E-state index in [9.17, 15) is 8.78 Å². The van der Waals surface area contributed by atoms with Gasteiger partial charge in [-0.05, 0) is 29.2 Å². The maximum atomic E-state index is 12.7. The van der Waals surface area contributed by atoms with Gasteiger partial charge in [0.25, 0.3) is 5.92 Å². The zero-order chi connectivity index (χ0) is 14.4. The molecule has 0 aliphatic rings. The van der Waals surface area contributed by atoms with E-state index in [1.165, 1.54) is 11.8 Å². The van der Waals surface area contributed by atoms with Gasteiger partial charge in [0.05, 0.1) is 0 Å². The summed E-state index contributed by atoms with van der Waals surface area (Å²) in [5, 5.41) is 0. The molecule has 0 amide bonds. The molecule has 0 atom stereocenters. The van der Waals surface area contributed by atoms with Gasteiger partial charge in [-0.25, -0.2) is 8.78 Å². The molecule has 1 nitrogen and oxygen atoms in total. The number of benzene rings is 2. The zero-order valence-electron chi connectivity index (χ0n) is 11.4. The van der Waals surface area contributed by atoms with Crippen LogP contribution in [0.5, 0.6) is 0 Å². The Morgan fingerprint density at radius 1 is 1.00 bits per heavy atom. The van der Waals surface area contributed by atoms with Gasteiger partial charge in [0.2, 0.25) is 0 Å². The second-order valence-corrected chi connectivity index (χ2v) is 4.95. The summed E-state index contributed by atoms with van der Waals surface area (Å²) in [4.78, 5) is 3.79. The zero-order valence-corrected chi connectivity index (χ0v) is 11.4. The molecular weight excluding hydrogens is 256 g/mol. The fourth-order valence-electron chi connectivity index (χ4n) is 1.93. The predicted molar refractivity (Wildman–Crippen MR) is 78.8 cm³/mol. The molecule has 0 fully saturated rings. The molecule has 3 heteroatoms. The van der Waals surface area contributed by atoms with Crippen molar-refractivity contribution < 1.29 is 8.78 Å². The quantitative estimate of drug-likeness (QED) is 0.718. The molecule has 0 N–H and O–H groups in total. The number of nitrogens with zero attached hydrogens (tertiary/aromatic N) is 1. The summed E-state index contributed by atoms with van der Waals surface area (Å²) in [6.07, 6.45) is 2.33. The van der Waals surface area contributed by atoms with Crippen molar-refractivity contribution >= 4 is 6.21 Å². The first-order chi connectivity index (χ1) is 9.53. The van der Waals surface area contributed by atoms with Crippen molar-refractivity contribution in [3.8, 4) is 0 Å². The van der Waals surface area contributed by atoms with E-state index in [4.69, 9.17) is 0 Å². The van der Waals surface area contributed by atoms with E-state index >= 15 is 0 Å². The molecule has 0 aromatic heterocycles. The van der Waals surface area contributed by atoms with Crippen molar-refractivity contribution in [2.45, 2.75) is 19.3 Å². The normalized spacial score (nSPS) is 11.9. The van der Waals surface area contributed by atoms with Crippen molar-refractivity contribution in [2.75, 3.05) is 6.54 Å². The molecule has 0 radical (unpaired) electrons. The summed E-state index contributed by atoms with van der Waals surface area (Å²) in [7, 11) is 0. The largest absolute Gasteiger partial charge is 0.286 e. The van der Waals surface area contributed by atoms with Crippen LogP contribution in [-0.2, 0) is 6.42 Å². The van der Waals surface area contributed by atoms with Crippen LogP contribution in [-0.4, -0.2) is 18.7 Å². The lowest BCUT2D eigenvalue weighted by Gasteiger charge is -2.05. The molecule has 104 valence electrons. The maximum absolute atomic E-state index is 12.7. The van der Waals surface area contributed by atoms with Gasteiger partial charge in [-0.15, -0.1) is 0 Å². The minimum Gasteiger partial charge on any atom is -0.286 e. The summed E-state index contributed by atoms with van der Waals surface area (Å²) >= 11 is 0. The number of halogens is 2. The Kier molecular flexibility index (Phi) is 4.61. The van der Waals surface area contributed by atoms with Crippen LogP contribution in [0.4, 0.5) is 8.78 Å². The molecule has 2 aromatic carbocycles. The molecule has 0 saturated heterocycles. The minimum absolute atomic E-state index is 0.476. The topological polar surface area (TPSA) is 12.4 Å². The van der Waals surface area contributed by atoms with E-state index < -0.39 is 12.5 Å². The summed E-state index contributed by atoms with van der Waals surface area (Å²) in [6.45, 7) is 0.395. The van der Waals surface area contributed by atoms with E-state index in [-0.39, 0.29) is 0 Å². The SMILES string of the molecule is CC(F)(F)CN=Cc1cccc(Cc2ccccc2)c1. The van der Waals surface area contributed by atoms with Crippen molar-refractivity contribution in [3.63, 3.8) is 0 Å².